The number of hydrogen-bond donors (Lipinski definition) is 0. The molecule has 5 nitrogen and oxygen atoms in total. The van der Waals surface area contributed by atoms with E-state index in [4.69, 9.17) is 9.84 Å². The van der Waals surface area contributed by atoms with Gasteiger partial charge in [-0.15, -0.1) is 10.2 Å². The zero-order valence-electron chi connectivity index (χ0n) is 13.6. The lowest BCUT2D eigenvalue weighted by atomic mass is 10.1. The van der Waals surface area contributed by atoms with Crippen molar-refractivity contribution in [2.75, 3.05) is 7.11 Å². The van der Waals surface area contributed by atoms with Crippen molar-refractivity contribution in [3.05, 3.63) is 53.6 Å². The summed E-state index contributed by atoms with van der Waals surface area (Å²) in [7, 11) is 1.66. The van der Waals surface area contributed by atoms with Gasteiger partial charge >= 0.3 is 0 Å². The number of hydrogen-bond acceptors (Lipinski definition) is 5. The topological polar surface area (TPSA) is 52.3 Å². The molecule has 0 aliphatic carbocycles. The molecular formula is C18H16N4OS. The Hall–Kier alpha value is -2.73. The normalized spacial score (nSPS) is 11.1. The quantitative estimate of drug-likeness (QED) is 0.564. The van der Waals surface area contributed by atoms with Gasteiger partial charge in [-0.2, -0.15) is 9.61 Å². The molecule has 0 fully saturated rings. The standard InChI is InChI=1S/C18H16N4OS/c1-11-7-12(2)9-14(8-11)16-19-20-18-22(16)21-17(24-18)13-5-4-6-15(10-13)23-3/h4-10H,1-3H3. The molecule has 24 heavy (non-hydrogen) atoms. The first-order chi connectivity index (χ1) is 11.6. The van der Waals surface area contributed by atoms with Crippen molar-refractivity contribution in [2.45, 2.75) is 13.8 Å². The lowest BCUT2D eigenvalue weighted by molar-refractivity contribution is 0.415. The van der Waals surface area contributed by atoms with Crippen LogP contribution in [-0.4, -0.2) is 26.9 Å². The first-order valence-corrected chi connectivity index (χ1v) is 8.41. The molecule has 2 aromatic heterocycles. The molecule has 0 N–H and O–H groups in total. The van der Waals surface area contributed by atoms with Gasteiger partial charge in [0.1, 0.15) is 10.8 Å². The van der Waals surface area contributed by atoms with Gasteiger partial charge < -0.3 is 4.74 Å². The van der Waals surface area contributed by atoms with Gasteiger partial charge in [0.15, 0.2) is 5.82 Å². The molecule has 0 spiro atoms. The summed E-state index contributed by atoms with van der Waals surface area (Å²) in [5.41, 5.74) is 4.44. The van der Waals surface area contributed by atoms with Crippen LogP contribution in [0.25, 0.3) is 26.9 Å². The van der Waals surface area contributed by atoms with Gasteiger partial charge in [0.05, 0.1) is 7.11 Å². The summed E-state index contributed by atoms with van der Waals surface area (Å²) in [5.74, 6) is 1.58. The van der Waals surface area contributed by atoms with Crippen LogP contribution in [0.5, 0.6) is 5.75 Å². The van der Waals surface area contributed by atoms with Crippen molar-refractivity contribution in [2.24, 2.45) is 0 Å². The van der Waals surface area contributed by atoms with E-state index in [0.29, 0.717) is 0 Å². The predicted molar refractivity (Wildman–Crippen MR) is 95.6 cm³/mol. The first-order valence-electron chi connectivity index (χ1n) is 7.59. The SMILES string of the molecule is COc1cccc(-c2nn3c(-c4cc(C)cc(C)c4)nnc3s2)c1. The molecular weight excluding hydrogens is 320 g/mol. The molecule has 6 heteroatoms. The summed E-state index contributed by atoms with van der Waals surface area (Å²) in [6, 6.07) is 14.2. The molecule has 0 aliphatic heterocycles. The largest absolute Gasteiger partial charge is 0.497 e. The number of rotatable bonds is 3. The molecule has 0 radical (unpaired) electrons. The van der Waals surface area contributed by atoms with E-state index in [0.717, 1.165) is 32.7 Å². The Labute approximate surface area is 143 Å². The summed E-state index contributed by atoms with van der Waals surface area (Å²) >= 11 is 1.52. The molecule has 0 saturated heterocycles. The molecule has 4 rings (SSSR count). The first kappa shape index (κ1) is 14.8. The van der Waals surface area contributed by atoms with E-state index in [-0.39, 0.29) is 0 Å². The second-order valence-electron chi connectivity index (χ2n) is 5.73. The lowest BCUT2D eigenvalue weighted by Gasteiger charge is -2.02. The lowest BCUT2D eigenvalue weighted by Crippen LogP contribution is -1.92. The summed E-state index contributed by atoms with van der Waals surface area (Å²) in [5, 5.41) is 14.2. The van der Waals surface area contributed by atoms with Crippen LogP contribution in [-0.2, 0) is 0 Å². The van der Waals surface area contributed by atoms with Crippen LogP contribution in [0.2, 0.25) is 0 Å². The Bertz CT molecular complexity index is 1010. The van der Waals surface area contributed by atoms with Gasteiger partial charge in [-0.1, -0.05) is 40.7 Å². The summed E-state index contributed by atoms with van der Waals surface area (Å²) in [6.45, 7) is 4.16. The number of fused-ring (bicyclic) bond motifs is 1. The Balaban J connectivity index is 1.84. The third-order valence-electron chi connectivity index (χ3n) is 3.79. The second-order valence-corrected chi connectivity index (χ2v) is 6.69. The van der Waals surface area contributed by atoms with Crippen molar-refractivity contribution in [1.82, 2.24) is 19.8 Å². The van der Waals surface area contributed by atoms with E-state index in [1.807, 2.05) is 28.8 Å². The summed E-state index contributed by atoms with van der Waals surface area (Å²) in [6.07, 6.45) is 0. The van der Waals surface area contributed by atoms with Gasteiger partial charge in [0.2, 0.25) is 4.96 Å². The fourth-order valence-corrected chi connectivity index (χ4v) is 3.61. The Morgan fingerprint density at radius 2 is 1.75 bits per heavy atom. The van der Waals surface area contributed by atoms with E-state index in [9.17, 15) is 0 Å². The highest BCUT2D eigenvalue weighted by Crippen LogP contribution is 2.30. The second kappa shape index (κ2) is 5.72. The number of methoxy groups -OCH3 is 1. The average Bonchev–Trinajstić information content (AvgIpc) is 3.14. The van der Waals surface area contributed by atoms with Gasteiger partial charge in [0.25, 0.3) is 0 Å². The summed E-state index contributed by atoms with van der Waals surface area (Å²) < 4.78 is 7.11. The van der Waals surface area contributed by atoms with Crippen LogP contribution in [0.1, 0.15) is 11.1 Å². The molecule has 0 saturated carbocycles. The van der Waals surface area contributed by atoms with Gasteiger partial charge in [-0.05, 0) is 38.1 Å². The number of benzene rings is 2. The van der Waals surface area contributed by atoms with Gasteiger partial charge in [-0.3, -0.25) is 0 Å². The molecule has 2 aromatic carbocycles. The molecule has 0 amide bonds. The Kier molecular flexibility index (Phi) is 3.54. The maximum atomic E-state index is 5.29. The van der Waals surface area contributed by atoms with Crippen molar-refractivity contribution >= 4 is 16.3 Å². The fraction of sp³-hybridized carbons (Fsp3) is 0.167. The Morgan fingerprint density at radius 3 is 2.50 bits per heavy atom. The zero-order valence-corrected chi connectivity index (χ0v) is 14.5. The molecule has 2 heterocycles. The minimum Gasteiger partial charge on any atom is -0.497 e. The third-order valence-corrected chi connectivity index (χ3v) is 4.74. The van der Waals surface area contributed by atoms with E-state index in [1.54, 1.807) is 7.11 Å². The monoisotopic (exact) mass is 336 g/mol. The van der Waals surface area contributed by atoms with Crippen LogP contribution in [0.3, 0.4) is 0 Å². The van der Waals surface area contributed by atoms with E-state index < -0.39 is 0 Å². The molecule has 0 aliphatic rings. The van der Waals surface area contributed by atoms with Crippen molar-refractivity contribution in [1.29, 1.82) is 0 Å². The maximum Gasteiger partial charge on any atom is 0.235 e. The average molecular weight is 336 g/mol. The smallest absolute Gasteiger partial charge is 0.235 e. The minimum absolute atomic E-state index is 0.766. The molecule has 120 valence electrons. The number of ether oxygens (including phenoxy) is 1. The van der Waals surface area contributed by atoms with Crippen LogP contribution in [0.4, 0.5) is 0 Å². The number of aromatic nitrogens is 4. The number of nitrogens with zero attached hydrogens (tertiary/aromatic N) is 4. The van der Waals surface area contributed by atoms with E-state index in [2.05, 4.69) is 42.2 Å². The zero-order chi connectivity index (χ0) is 16.7. The van der Waals surface area contributed by atoms with Crippen molar-refractivity contribution in [3.63, 3.8) is 0 Å². The Morgan fingerprint density at radius 1 is 0.958 bits per heavy atom. The minimum atomic E-state index is 0.766. The van der Waals surface area contributed by atoms with Crippen LogP contribution >= 0.6 is 11.3 Å². The number of aryl methyl sites for hydroxylation is 2. The van der Waals surface area contributed by atoms with Gasteiger partial charge in [0, 0.05) is 11.1 Å². The third kappa shape index (κ3) is 2.55. The van der Waals surface area contributed by atoms with Crippen LogP contribution in [0.15, 0.2) is 42.5 Å². The highest BCUT2D eigenvalue weighted by Gasteiger charge is 2.15. The van der Waals surface area contributed by atoms with Crippen molar-refractivity contribution < 1.29 is 4.74 Å². The predicted octanol–water partition coefficient (Wildman–Crippen LogP) is 4.15. The molecule has 0 bridgehead atoms. The fourth-order valence-electron chi connectivity index (χ4n) is 2.77. The summed E-state index contributed by atoms with van der Waals surface area (Å²) in [4.78, 5) is 0.780. The van der Waals surface area contributed by atoms with E-state index >= 15 is 0 Å². The molecule has 0 unspecified atom stereocenters. The maximum absolute atomic E-state index is 5.29. The van der Waals surface area contributed by atoms with Crippen LogP contribution in [0, 0.1) is 13.8 Å². The van der Waals surface area contributed by atoms with Crippen LogP contribution < -0.4 is 4.74 Å². The van der Waals surface area contributed by atoms with Gasteiger partial charge in [-0.25, -0.2) is 0 Å². The molecule has 4 aromatic rings. The van der Waals surface area contributed by atoms with E-state index in [1.165, 1.54) is 22.5 Å². The molecule has 0 atom stereocenters. The highest BCUT2D eigenvalue weighted by atomic mass is 32.1. The highest BCUT2D eigenvalue weighted by molar-refractivity contribution is 7.19. The van der Waals surface area contributed by atoms with Crippen molar-refractivity contribution in [3.8, 4) is 27.7 Å².